The molecule has 2 aromatic heterocycles. The van der Waals surface area contributed by atoms with Gasteiger partial charge >= 0.3 is 0 Å². The second kappa shape index (κ2) is 5.86. The van der Waals surface area contributed by atoms with Crippen LogP contribution in [-0.4, -0.2) is 26.3 Å². The fourth-order valence-corrected chi connectivity index (χ4v) is 1.89. The predicted molar refractivity (Wildman–Crippen MR) is 72.1 cm³/mol. The van der Waals surface area contributed by atoms with Gasteiger partial charge in [0.05, 0.1) is 22.6 Å². The lowest BCUT2D eigenvalue weighted by molar-refractivity contribution is 0.116. The molecule has 0 aromatic carbocycles. The largest absolute Gasteiger partial charge is 0.392 e. The molecule has 1 unspecified atom stereocenters. The third-order valence-electron chi connectivity index (χ3n) is 2.64. The number of halogens is 2. The van der Waals surface area contributed by atoms with Gasteiger partial charge in [0.25, 0.3) is 0 Å². The Bertz CT molecular complexity index is 572. The highest BCUT2D eigenvalue weighted by molar-refractivity contribution is 6.35. The van der Waals surface area contributed by atoms with E-state index >= 15 is 0 Å². The van der Waals surface area contributed by atoms with Crippen molar-refractivity contribution in [3.8, 4) is 11.5 Å². The molecule has 102 valence electrons. The lowest BCUT2D eigenvalue weighted by atomic mass is 10.0. The highest BCUT2D eigenvalue weighted by Gasteiger charge is 2.17. The van der Waals surface area contributed by atoms with E-state index in [1.54, 1.807) is 6.07 Å². The van der Waals surface area contributed by atoms with Crippen LogP contribution in [0.2, 0.25) is 10.0 Å². The van der Waals surface area contributed by atoms with Crippen molar-refractivity contribution in [2.24, 2.45) is 5.92 Å². The summed E-state index contributed by atoms with van der Waals surface area (Å²) >= 11 is 11.8. The minimum Gasteiger partial charge on any atom is -0.392 e. The van der Waals surface area contributed by atoms with Crippen LogP contribution in [0.15, 0.2) is 16.8 Å². The maximum absolute atomic E-state index is 9.76. The Labute approximate surface area is 120 Å². The lowest BCUT2D eigenvalue weighted by Gasteiger charge is -2.10. The molecule has 19 heavy (non-hydrogen) atoms. The maximum Gasteiger partial charge on any atom is 0.229 e. The Morgan fingerprint density at radius 3 is 2.74 bits per heavy atom. The molecule has 0 amide bonds. The zero-order valence-corrected chi connectivity index (χ0v) is 12.0. The molecule has 0 aliphatic heterocycles. The third kappa shape index (κ3) is 3.43. The van der Waals surface area contributed by atoms with Crippen LogP contribution in [0.5, 0.6) is 0 Å². The highest BCUT2D eigenvalue weighted by Crippen LogP contribution is 2.26. The van der Waals surface area contributed by atoms with Crippen molar-refractivity contribution in [3.05, 3.63) is 28.2 Å². The smallest absolute Gasteiger partial charge is 0.229 e. The first kappa shape index (κ1) is 14.2. The summed E-state index contributed by atoms with van der Waals surface area (Å²) in [5.41, 5.74) is 0.403. The molecular formula is C12H13Cl2N3O2. The lowest BCUT2D eigenvalue weighted by Crippen LogP contribution is -2.17. The summed E-state index contributed by atoms with van der Waals surface area (Å²) in [7, 11) is 0. The van der Waals surface area contributed by atoms with Gasteiger partial charge in [-0.25, -0.2) is 4.98 Å². The molecule has 1 atom stereocenters. The zero-order chi connectivity index (χ0) is 14.0. The van der Waals surface area contributed by atoms with Gasteiger partial charge in [0, 0.05) is 6.20 Å². The molecule has 0 spiro atoms. The van der Waals surface area contributed by atoms with Crippen LogP contribution in [0.1, 0.15) is 19.7 Å². The molecular weight excluding hydrogens is 289 g/mol. The van der Waals surface area contributed by atoms with Crippen LogP contribution < -0.4 is 0 Å². The monoisotopic (exact) mass is 301 g/mol. The van der Waals surface area contributed by atoms with E-state index in [9.17, 15) is 5.11 Å². The summed E-state index contributed by atoms with van der Waals surface area (Å²) in [6, 6.07) is 1.56. The van der Waals surface area contributed by atoms with Gasteiger partial charge in [0.1, 0.15) is 5.69 Å². The first-order chi connectivity index (χ1) is 8.97. The number of aliphatic hydroxyl groups is 1. The minimum absolute atomic E-state index is 0.118. The fourth-order valence-electron chi connectivity index (χ4n) is 1.43. The van der Waals surface area contributed by atoms with Gasteiger partial charge in [-0.3, -0.25) is 0 Å². The molecule has 5 nitrogen and oxygen atoms in total. The molecule has 0 fully saturated rings. The molecule has 2 heterocycles. The van der Waals surface area contributed by atoms with Gasteiger partial charge < -0.3 is 9.63 Å². The zero-order valence-electron chi connectivity index (χ0n) is 10.5. The molecule has 2 aromatic rings. The summed E-state index contributed by atoms with van der Waals surface area (Å²) in [5.74, 6) is 0.754. The Morgan fingerprint density at radius 2 is 2.11 bits per heavy atom. The summed E-state index contributed by atoms with van der Waals surface area (Å²) < 4.78 is 5.07. The summed E-state index contributed by atoms with van der Waals surface area (Å²) in [6.45, 7) is 3.83. The summed E-state index contributed by atoms with van der Waals surface area (Å²) in [5, 5.41) is 14.4. The van der Waals surface area contributed by atoms with Crippen molar-refractivity contribution in [2.75, 3.05) is 0 Å². The van der Waals surface area contributed by atoms with Gasteiger partial charge in [0.15, 0.2) is 0 Å². The average molecular weight is 302 g/mol. The Balaban J connectivity index is 2.21. The van der Waals surface area contributed by atoms with Crippen LogP contribution in [0.4, 0.5) is 0 Å². The molecule has 0 saturated carbocycles. The van der Waals surface area contributed by atoms with Crippen molar-refractivity contribution in [3.63, 3.8) is 0 Å². The SMILES string of the molecule is CC(C)C(O)Cc1nc(-c2ncc(Cl)cc2Cl)no1. The van der Waals surface area contributed by atoms with Crippen LogP contribution in [-0.2, 0) is 6.42 Å². The number of aliphatic hydroxyl groups excluding tert-OH is 1. The fraction of sp³-hybridized carbons (Fsp3) is 0.417. The standard InChI is InChI=1S/C12H13Cl2N3O2/c1-6(2)9(18)4-10-16-12(17-19-10)11-8(14)3-7(13)5-15-11/h3,5-6,9,18H,4H2,1-2H3. The number of hydrogen-bond acceptors (Lipinski definition) is 5. The van der Waals surface area contributed by atoms with Gasteiger partial charge in [-0.1, -0.05) is 42.2 Å². The quantitative estimate of drug-likeness (QED) is 0.940. The maximum atomic E-state index is 9.76. The van der Waals surface area contributed by atoms with Crippen LogP contribution in [0.3, 0.4) is 0 Å². The number of pyridine rings is 1. The van der Waals surface area contributed by atoms with Crippen molar-refractivity contribution >= 4 is 23.2 Å². The molecule has 0 aliphatic rings. The van der Waals surface area contributed by atoms with Crippen LogP contribution in [0.25, 0.3) is 11.5 Å². The van der Waals surface area contributed by atoms with E-state index in [0.29, 0.717) is 28.1 Å². The normalized spacial score (nSPS) is 12.9. The second-order valence-electron chi connectivity index (χ2n) is 4.51. The topological polar surface area (TPSA) is 72.0 Å². The van der Waals surface area contributed by atoms with Gasteiger partial charge in [-0.15, -0.1) is 0 Å². The van der Waals surface area contributed by atoms with E-state index in [4.69, 9.17) is 27.7 Å². The number of hydrogen-bond donors (Lipinski definition) is 1. The molecule has 7 heteroatoms. The van der Waals surface area contributed by atoms with E-state index in [1.807, 2.05) is 13.8 Å². The molecule has 0 aliphatic carbocycles. The van der Waals surface area contributed by atoms with Crippen LogP contribution >= 0.6 is 23.2 Å². The highest BCUT2D eigenvalue weighted by atomic mass is 35.5. The summed E-state index contributed by atoms with van der Waals surface area (Å²) in [6.07, 6.45) is 1.24. The first-order valence-corrected chi connectivity index (χ1v) is 6.55. The van der Waals surface area contributed by atoms with Crippen molar-refractivity contribution in [1.82, 2.24) is 15.1 Å². The second-order valence-corrected chi connectivity index (χ2v) is 5.35. The van der Waals surface area contributed by atoms with Crippen LogP contribution in [0, 0.1) is 5.92 Å². The van der Waals surface area contributed by atoms with E-state index < -0.39 is 6.10 Å². The van der Waals surface area contributed by atoms with E-state index in [2.05, 4.69) is 15.1 Å². The number of aromatic nitrogens is 3. The number of nitrogens with zero attached hydrogens (tertiary/aromatic N) is 3. The summed E-state index contributed by atoms with van der Waals surface area (Å²) in [4.78, 5) is 8.23. The Kier molecular flexibility index (Phi) is 4.39. The molecule has 0 bridgehead atoms. The van der Waals surface area contributed by atoms with Gasteiger partial charge in [-0.05, 0) is 12.0 Å². The van der Waals surface area contributed by atoms with Crippen molar-refractivity contribution in [2.45, 2.75) is 26.4 Å². The molecule has 2 rings (SSSR count). The molecule has 0 radical (unpaired) electrons. The van der Waals surface area contributed by atoms with E-state index in [-0.39, 0.29) is 11.7 Å². The Hall–Kier alpha value is -1.17. The van der Waals surface area contributed by atoms with Crippen molar-refractivity contribution in [1.29, 1.82) is 0 Å². The van der Waals surface area contributed by atoms with Crippen molar-refractivity contribution < 1.29 is 9.63 Å². The third-order valence-corrected chi connectivity index (χ3v) is 3.14. The Morgan fingerprint density at radius 1 is 1.37 bits per heavy atom. The first-order valence-electron chi connectivity index (χ1n) is 5.79. The molecule has 1 N–H and O–H groups in total. The van der Waals surface area contributed by atoms with Gasteiger partial charge in [0.2, 0.25) is 11.7 Å². The predicted octanol–water partition coefficient (Wildman–Crippen LogP) is 3.00. The van der Waals surface area contributed by atoms with E-state index in [1.165, 1.54) is 6.20 Å². The molecule has 0 saturated heterocycles. The minimum atomic E-state index is -0.526. The van der Waals surface area contributed by atoms with E-state index in [0.717, 1.165) is 0 Å². The van der Waals surface area contributed by atoms with Gasteiger partial charge in [-0.2, -0.15) is 4.98 Å². The number of rotatable bonds is 4. The average Bonchev–Trinajstić information content (AvgIpc) is 2.77.